The minimum atomic E-state index is 0.183. The van der Waals surface area contributed by atoms with Gasteiger partial charge in [-0.05, 0) is 12.1 Å². The molecule has 80 valence electrons. The highest BCUT2D eigenvalue weighted by atomic mass is 16.3. The standard InChI is InChI=1S/C13H12N2O/c14-13(10-5-2-1-3-6-10)15-11-7-4-8-12(16)9-11/h1-9,16H,(H2,14,15). The number of amidine groups is 1. The quantitative estimate of drug-likeness (QED) is 0.593. The zero-order valence-electron chi connectivity index (χ0n) is 8.67. The van der Waals surface area contributed by atoms with E-state index in [4.69, 9.17) is 5.73 Å². The first-order valence-electron chi connectivity index (χ1n) is 4.94. The van der Waals surface area contributed by atoms with Gasteiger partial charge in [0.2, 0.25) is 0 Å². The van der Waals surface area contributed by atoms with Crippen molar-refractivity contribution in [2.45, 2.75) is 0 Å². The van der Waals surface area contributed by atoms with E-state index in [-0.39, 0.29) is 5.75 Å². The lowest BCUT2D eigenvalue weighted by Gasteiger charge is -2.00. The molecule has 0 aliphatic carbocycles. The first-order chi connectivity index (χ1) is 7.75. The zero-order valence-corrected chi connectivity index (χ0v) is 8.67. The van der Waals surface area contributed by atoms with Gasteiger partial charge in [-0.2, -0.15) is 0 Å². The van der Waals surface area contributed by atoms with E-state index in [1.807, 2.05) is 30.3 Å². The molecule has 3 N–H and O–H groups in total. The van der Waals surface area contributed by atoms with Gasteiger partial charge in [0.1, 0.15) is 11.6 Å². The number of hydrogen-bond donors (Lipinski definition) is 2. The first-order valence-corrected chi connectivity index (χ1v) is 4.94. The van der Waals surface area contributed by atoms with Crippen LogP contribution in [-0.4, -0.2) is 10.9 Å². The van der Waals surface area contributed by atoms with Crippen molar-refractivity contribution in [3.63, 3.8) is 0 Å². The molecule has 0 unspecified atom stereocenters. The summed E-state index contributed by atoms with van der Waals surface area (Å²) in [7, 11) is 0. The summed E-state index contributed by atoms with van der Waals surface area (Å²) in [6, 6.07) is 16.2. The molecule has 16 heavy (non-hydrogen) atoms. The van der Waals surface area contributed by atoms with Gasteiger partial charge in [0.25, 0.3) is 0 Å². The smallest absolute Gasteiger partial charge is 0.131 e. The molecule has 0 radical (unpaired) electrons. The summed E-state index contributed by atoms with van der Waals surface area (Å²) in [4.78, 5) is 4.22. The van der Waals surface area contributed by atoms with Crippen molar-refractivity contribution in [1.29, 1.82) is 0 Å². The second-order valence-electron chi connectivity index (χ2n) is 3.38. The lowest BCUT2D eigenvalue weighted by atomic mass is 10.2. The van der Waals surface area contributed by atoms with E-state index in [1.54, 1.807) is 24.3 Å². The average Bonchev–Trinajstić information content (AvgIpc) is 2.30. The van der Waals surface area contributed by atoms with Gasteiger partial charge in [0.15, 0.2) is 0 Å². The maximum atomic E-state index is 9.29. The Hall–Kier alpha value is -2.29. The van der Waals surface area contributed by atoms with E-state index >= 15 is 0 Å². The Morgan fingerprint density at radius 2 is 1.75 bits per heavy atom. The molecule has 0 fully saturated rings. The Morgan fingerprint density at radius 1 is 1.00 bits per heavy atom. The molecule has 0 heterocycles. The van der Waals surface area contributed by atoms with E-state index in [9.17, 15) is 5.11 Å². The highest BCUT2D eigenvalue weighted by Gasteiger charge is 1.97. The second kappa shape index (κ2) is 4.49. The summed E-state index contributed by atoms with van der Waals surface area (Å²) >= 11 is 0. The topological polar surface area (TPSA) is 58.6 Å². The van der Waals surface area contributed by atoms with Crippen molar-refractivity contribution in [2.75, 3.05) is 0 Å². The summed E-state index contributed by atoms with van der Waals surface area (Å²) < 4.78 is 0. The van der Waals surface area contributed by atoms with Crippen molar-refractivity contribution in [3.05, 3.63) is 60.2 Å². The molecule has 2 aromatic carbocycles. The molecular weight excluding hydrogens is 200 g/mol. The summed E-state index contributed by atoms with van der Waals surface area (Å²) in [6.07, 6.45) is 0. The van der Waals surface area contributed by atoms with Crippen molar-refractivity contribution < 1.29 is 5.11 Å². The molecule has 0 aliphatic heterocycles. The van der Waals surface area contributed by atoms with Crippen molar-refractivity contribution in [3.8, 4) is 5.75 Å². The number of phenolic OH excluding ortho intramolecular Hbond substituents is 1. The highest BCUT2D eigenvalue weighted by Crippen LogP contribution is 2.18. The molecule has 0 spiro atoms. The van der Waals surface area contributed by atoms with Crippen LogP contribution in [-0.2, 0) is 0 Å². The molecule has 3 nitrogen and oxygen atoms in total. The first kappa shape index (κ1) is 10.2. The lowest BCUT2D eigenvalue weighted by Crippen LogP contribution is -2.12. The third-order valence-corrected chi connectivity index (χ3v) is 2.15. The number of aliphatic imine (C=N–C) groups is 1. The summed E-state index contributed by atoms with van der Waals surface area (Å²) in [5, 5.41) is 9.29. The summed E-state index contributed by atoms with van der Waals surface area (Å²) in [5.41, 5.74) is 7.35. The molecule has 2 aromatic rings. The van der Waals surface area contributed by atoms with Gasteiger partial charge in [-0.1, -0.05) is 36.4 Å². The van der Waals surface area contributed by atoms with Crippen molar-refractivity contribution in [2.24, 2.45) is 10.7 Å². The van der Waals surface area contributed by atoms with E-state index in [1.165, 1.54) is 0 Å². The Morgan fingerprint density at radius 3 is 2.44 bits per heavy atom. The molecule has 0 atom stereocenters. The number of hydrogen-bond acceptors (Lipinski definition) is 2. The van der Waals surface area contributed by atoms with Crippen LogP contribution in [0.1, 0.15) is 5.56 Å². The predicted octanol–water partition coefficient (Wildman–Crippen LogP) is 2.43. The maximum Gasteiger partial charge on any atom is 0.131 e. The Labute approximate surface area is 93.9 Å². The predicted molar refractivity (Wildman–Crippen MR) is 64.9 cm³/mol. The lowest BCUT2D eigenvalue weighted by molar-refractivity contribution is 0.475. The van der Waals surface area contributed by atoms with Gasteiger partial charge < -0.3 is 10.8 Å². The van der Waals surface area contributed by atoms with Crippen LogP contribution in [0, 0.1) is 0 Å². The molecule has 0 saturated carbocycles. The number of nitrogens with two attached hydrogens (primary N) is 1. The number of phenols is 1. The van der Waals surface area contributed by atoms with Crippen LogP contribution in [0.25, 0.3) is 0 Å². The van der Waals surface area contributed by atoms with Crippen LogP contribution in [0.15, 0.2) is 59.6 Å². The Balaban J connectivity index is 2.32. The van der Waals surface area contributed by atoms with Gasteiger partial charge in [-0.15, -0.1) is 0 Å². The van der Waals surface area contributed by atoms with Gasteiger partial charge in [0, 0.05) is 11.6 Å². The van der Waals surface area contributed by atoms with E-state index in [2.05, 4.69) is 4.99 Å². The van der Waals surface area contributed by atoms with E-state index in [0.717, 1.165) is 5.56 Å². The minimum Gasteiger partial charge on any atom is -0.508 e. The fraction of sp³-hybridized carbons (Fsp3) is 0. The summed E-state index contributed by atoms with van der Waals surface area (Å²) in [5.74, 6) is 0.619. The fourth-order valence-corrected chi connectivity index (χ4v) is 1.38. The molecule has 3 heteroatoms. The van der Waals surface area contributed by atoms with Crippen LogP contribution >= 0.6 is 0 Å². The van der Waals surface area contributed by atoms with Gasteiger partial charge >= 0.3 is 0 Å². The van der Waals surface area contributed by atoms with E-state index < -0.39 is 0 Å². The van der Waals surface area contributed by atoms with Crippen LogP contribution in [0.2, 0.25) is 0 Å². The molecule has 2 rings (SSSR count). The molecule has 0 bridgehead atoms. The van der Waals surface area contributed by atoms with Crippen LogP contribution < -0.4 is 5.73 Å². The maximum absolute atomic E-state index is 9.29. The SMILES string of the molecule is NC(=Nc1cccc(O)c1)c1ccccc1. The monoisotopic (exact) mass is 212 g/mol. The molecular formula is C13H12N2O. The van der Waals surface area contributed by atoms with Gasteiger partial charge in [0.05, 0.1) is 5.69 Å². The highest BCUT2D eigenvalue weighted by molar-refractivity contribution is 5.98. The molecule has 0 amide bonds. The normalized spacial score (nSPS) is 11.4. The Kier molecular flexibility index (Phi) is 2.87. The minimum absolute atomic E-state index is 0.183. The Bertz CT molecular complexity index is 506. The molecule has 0 saturated heterocycles. The van der Waals surface area contributed by atoms with Crippen LogP contribution in [0.3, 0.4) is 0 Å². The fourth-order valence-electron chi connectivity index (χ4n) is 1.38. The molecule has 0 aromatic heterocycles. The number of aromatic hydroxyl groups is 1. The number of nitrogens with zero attached hydrogens (tertiary/aromatic N) is 1. The second-order valence-corrected chi connectivity index (χ2v) is 3.38. The van der Waals surface area contributed by atoms with Gasteiger partial charge in [-0.3, -0.25) is 0 Å². The third-order valence-electron chi connectivity index (χ3n) is 2.15. The number of rotatable bonds is 2. The number of benzene rings is 2. The largest absolute Gasteiger partial charge is 0.508 e. The van der Waals surface area contributed by atoms with Crippen LogP contribution in [0.4, 0.5) is 5.69 Å². The van der Waals surface area contributed by atoms with Crippen molar-refractivity contribution >= 4 is 11.5 Å². The van der Waals surface area contributed by atoms with Crippen molar-refractivity contribution in [1.82, 2.24) is 0 Å². The zero-order chi connectivity index (χ0) is 11.4. The average molecular weight is 212 g/mol. The van der Waals surface area contributed by atoms with E-state index in [0.29, 0.717) is 11.5 Å². The van der Waals surface area contributed by atoms with Gasteiger partial charge in [-0.25, -0.2) is 4.99 Å². The molecule has 0 aliphatic rings. The van der Waals surface area contributed by atoms with Crippen LogP contribution in [0.5, 0.6) is 5.75 Å². The third kappa shape index (κ3) is 2.39. The summed E-state index contributed by atoms with van der Waals surface area (Å²) in [6.45, 7) is 0.